The van der Waals surface area contributed by atoms with Crippen molar-refractivity contribution in [3.8, 4) is 5.82 Å². The van der Waals surface area contributed by atoms with Crippen LogP contribution in [-0.2, 0) is 6.54 Å². The summed E-state index contributed by atoms with van der Waals surface area (Å²) in [6.45, 7) is 0.459. The molecular weight excluding hydrogens is 202 g/mol. The molecule has 14 heavy (non-hydrogen) atoms. The Balaban J connectivity index is 2.34. The van der Waals surface area contributed by atoms with Gasteiger partial charge >= 0.3 is 0 Å². The first-order chi connectivity index (χ1) is 6.79. The average Bonchev–Trinajstić information content (AvgIpc) is 2.67. The maximum atomic E-state index is 5.61. The van der Waals surface area contributed by atoms with E-state index in [1.807, 2.05) is 0 Å². The van der Waals surface area contributed by atoms with Gasteiger partial charge in [-0.2, -0.15) is 5.10 Å². The molecule has 0 bridgehead atoms. The van der Waals surface area contributed by atoms with Crippen LogP contribution in [0.15, 0.2) is 24.5 Å². The third-order valence-corrected chi connectivity index (χ3v) is 1.93. The predicted octanol–water partition coefficient (Wildman–Crippen LogP) is 0.774. The summed E-state index contributed by atoms with van der Waals surface area (Å²) >= 11 is 5.61. The first-order valence-electron chi connectivity index (χ1n) is 4.03. The third kappa shape index (κ3) is 1.73. The number of aromatic nitrogens is 4. The van der Waals surface area contributed by atoms with Crippen LogP contribution in [0, 0.1) is 0 Å². The molecule has 2 N–H and O–H groups in total. The van der Waals surface area contributed by atoms with Crippen LogP contribution in [0.4, 0.5) is 0 Å². The second-order valence-electron chi connectivity index (χ2n) is 2.71. The van der Waals surface area contributed by atoms with Gasteiger partial charge in [0.05, 0.1) is 6.20 Å². The van der Waals surface area contributed by atoms with E-state index in [0.29, 0.717) is 17.5 Å². The Bertz CT molecular complexity index is 422. The van der Waals surface area contributed by atoms with Crippen LogP contribution in [-0.4, -0.2) is 20.0 Å². The lowest BCUT2D eigenvalue weighted by atomic mass is 10.4. The predicted molar refractivity (Wildman–Crippen MR) is 52.1 cm³/mol. The summed E-state index contributed by atoms with van der Waals surface area (Å²) in [4.78, 5) is 0. The highest BCUT2D eigenvalue weighted by Gasteiger charge is 2.01. The van der Waals surface area contributed by atoms with E-state index < -0.39 is 0 Å². The largest absolute Gasteiger partial charge is 0.326 e. The van der Waals surface area contributed by atoms with Crippen molar-refractivity contribution >= 4 is 11.6 Å². The van der Waals surface area contributed by atoms with E-state index in [2.05, 4.69) is 15.3 Å². The summed E-state index contributed by atoms with van der Waals surface area (Å²) in [5.74, 6) is 0.620. The highest BCUT2D eigenvalue weighted by atomic mass is 35.5. The summed E-state index contributed by atoms with van der Waals surface area (Å²) < 4.78 is 1.60. The van der Waals surface area contributed by atoms with Crippen LogP contribution in [0.2, 0.25) is 5.15 Å². The zero-order valence-electron chi connectivity index (χ0n) is 7.26. The summed E-state index contributed by atoms with van der Waals surface area (Å²) in [5.41, 5.74) is 6.40. The molecule has 0 unspecified atom stereocenters. The number of nitrogens with zero attached hydrogens (tertiary/aromatic N) is 4. The van der Waals surface area contributed by atoms with E-state index in [1.165, 1.54) is 0 Å². The molecule has 72 valence electrons. The smallest absolute Gasteiger partial charge is 0.175 e. The Labute approximate surface area is 85.5 Å². The summed E-state index contributed by atoms with van der Waals surface area (Å²) in [5, 5.41) is 12.0. The van der Waals surface area contributed by atoms with Crippen LogP contribution in [0.5, 0.6) is 0 Å². The molecule has 0 saturated heterocycles. The van der Waals surface area contributed by atoms with Crippen molar-refractivity contribution < 1.29 is 0 Å². The van der Waals surface area contributed by atoms with Gasteiger partial charge < -0.3 is 5.73 Å². The number of nitrogens with two attached hydrogens (primary N) is 1. The minimum absolute atomic E-state index is 0.361. The van der Waals surface area contributed by atoms with E-state index >= 15 is 0 Å². The highest BCUT2D eigenvalue weighted by Crippen LogP contribution is 2.07. The zero-order valence-corrected chi connectivity index (χ0v) is 8.02. The fourth-order valence-electron chi connectivity index (χ4n) is 1.02. The number of hydrogen-bond donors (Lipinski definition) is 1. The van der Waals surface area contributed by atoms with Crippen LogP contribution in [0.25, 0.3) is 5.82 Å². The van der Waals surface area contributed by atoms with Gasteiger partial charge in [0.25, 0.3) is 0 Å². The Hall–Kier alpha value is -1.46. The molecule has 0 aromatic carbocycles. The van der Waals surface area contributed by atoms with Crippen molar-refractivity contribution in [1.82, 2.24) is 20.0 Å². The molecule has 0 radical (unpaired) electrons. The zero-order chi connectivity index (χ0) is 9.97. The van der Waals surface area contributed by atoms with Crippen LogP contribution in [0.3, 0.4) is 0 Å². The fourth-order valence-corrected chi connectivity index (χ4v) is 1.12. The van der Waals surface area contributed by atoms with Gasteiger partial charge in [0, 0.05) is 18.3 Å². The van der Waals surface area contributed by atoms with E-state index in [4.69, 9.17) is 17.3 Å². The molecule has 0 saturated carbocycles. The maximum absolute atomic E-state index is 5.61. The average molecular weight is 210 g/mol. The van der Waals surface area contributed by atoms with Crippen molar-refractivity contribution in [2.75, 3.05) is 0 Å². The van der Waals surface area contributed by atoms with Crippen molar-refractivity contribution in [3.05, 3.63) is 35.2 Å². The molecule has 6 heteroatoms. The lowest BCUT2D eigenvalue weighted by Gasteiger charge is -1.97. The summed E-state index contributed by atoms with van der Waals surface area (Å²) in [6, 6.07) is 3.40. The Morgan fingerprint density at radius 3 is 2.79 bits per heavy atom. The molecule has 0 aliphatic carbocycles. The topological polar surface area (TPSA) is 69.6 Å². The SMILES string of the molecule is NCc1cnn(-c2ccc(Cl)nn2)c1. The number of hydrogen-bond acceptors (Lipinski definition) is 4. The van der Waals surface area contributed by atoms with Gasteiger partial charge in [0.1, 0.15) is 0 Å². The minimum Gasteiger partial charge on any atom is -0.326 e. The standard InChI is InChI=1S/C8H8ClN5/c9-7-1-2-8(13-12-7)14-5-6(3-10)4-11-14/h1-2,4-5H,3,10H2. The fraction of sp³-hybridized carbons (Fsp3) is 0.125. The van der Waals surface area contributed by atoms with Gasteiger partial charge in [-0.15, -0.1) is 10.2 Å². The Morgan fingerprint density at radius 1 is 1.36 bits per heavy atom. The highest BCUT2D eigenvalue weighted by molar-refractivity contribution is 6.29. The van der Waals surface area contributed by atoms with Crippen molar-refractivity contribution in [1.29, 1.82) is 0 Å². The molecule has 0 spiro atoms. The first kappa shape index (κ1) is 9.11. The van der Waals surface area contributed by atoms with Gasteiger partial charge in [-0.25, -0.2) is 4.68 Å². The first-order valence-corrected chi connectivity index (χ1v) is 4.40. The lowest BCUT2D eigenvalue weighted by molar-refractivity contribution is 0.813. The van der Waals surface area contributed by atoms with Crippen molar-refractivity contribution in [3.63, 3.8) is 0 Å². The lowest BCUT2D eigenvalue weighted by Crippen LogP contribution is -1.99. The molecule has 0 amide bonds. The summed E-state index contributed by atoms with van der Waals surface area (Å²) in [6.07, 6.45) is 3.49. The molecule has 5 nitrogen and oxygen atoms in total. The van der Waals surface area contributed by atoms with E-state index in [9.17, 15) is 0 Å². The third-order valence-electron chi connectivity index (χ3n) is 1.72. The molecule has 2 rings (SSSR count). The molecule has 0 aliphatic heterocycles. The minimum atomic E-state index is 0.361. The van der Waals surface area contributed by atoms with Gasteiger partial charge in [-0.05, 0) is 12.1 Å². The van der Waals surface area contributed by atoms with Crippen LogP contribution >= 0.6 is 11.6 Å². The summed E-state index contributed by atoms with van der Waals surface area (Å²) in [7, 11) is 0. The number of rotatable bonds is 2. The van der Waals surface area contributed by atoms with Gasteiger partial charge in [-0.3, -0.25) is 0 Å². The van der Waals surface area contributed by atoms with Crippen LogP contribution in [0.1, 0.15) is 5.56 Å². The molecule has 0 fully saturated rings. The normalized spacial score (nSPS) is 10.4. The Kier molecular flexibility index (Phi) is 2.43. The van der Waals surface area contributed by atoms with Gasteiger partial charge in [0.15, 0.2) is 11.0 Å². The molecule has 0 aliphatic rings. The molecule has 2 aromatic heterocycles. The van der Waals surface area contributed by atoms with Crippen LogP contribution < -0.4 is 5.73 Å². The number of halogens is 1. The van der Waals surface area contributed by atoms with Crippen molar-refractivity contribution in [2.45, 2.75) is 6.54 Å². The molecular formula is C8H8ClN5. The van der Waals surface area contributed by atoms with E-state index in [1.54, 1.807) is 29.2 Å². The Morgan fingerprint density at radius 2 is 2.21 bits per heavy atom. The maximum Gasteiger partial charge on any atom is 0.175 e. The molecule has 2 heterocycles. The second-order valence-corrected chi connectivity index (χ2v) is 3.10. The quantitative estimate of drug-likeness (QED) is 0.794. The van der Waals surface area contributed by atoms with Gasteiger partial charge in [-0.1, -0.05) is 11.6 Å². The monoisotopic (exact) mass is 209 g/mol. The van der Waals surface area contributed by atoms with Gasteiger partial charge in [0.2, 0.25) is 0 Å². The van der Waals surface area contributed by atoms with Crippen molar-refractivity contribution in [2.24, 2.45) is 5.73 Å². The van der Waals surface area contributed by atoms with E-state index in [-0.39, 0.29) is 0 Å². The van der Waals surface area contributed by atoms with E-state index in [0.717, 1.165) is 5.56 Å². The molecule has 0 atom stereocenters. The molecule has 2 aromatic rings. The second kappa shape index (κ2) is 3.73.